The van der Waals surface area contributed by atoms with Crippen LogP contribution in [0.5, 0.6) is 0 Å². The van der Waals surface area contributed by atoms with Crippen molar-refractivity contribution in [2.24, 2.45) is 0 Å². The van der Waals surface area contributed by atoms with Gasteiger partial charge in [0.1, 0.15) is 5.82 Å². The van der Waals surface area contributed by atoms with Crippen molar-refractivity contribution in [2.45, 2.75) is 38.9 Å². The van der Waals surface area contributed by atoms with Crippen LogP contribution in [0.15, 0.2) is 12.1 Å². The molecule has 1 aliphatic heterocycles. The average Bonchev–Trinajstić information content (AvgIpc) is 2.42. The van der Waals surface area contributed by atoms with Gasteiger partial charge in [-0.1, -0.05) is 11.6 Å². The third kappa shape index (κ3) is 2.11. The van der Waals surface area contributed by atoms with E-state index in [1.165, 1.54) is 12.1 Å². The van der Waals surface area contributed by atoms with Gasteiger partial charge in [-0.05, 0) is 39.8 Å². The Hall–Kier alpha value is -0.775. The number of halogens is 2. The Labute approximate surface area is 112 Å². The molecule has 0 unspecified atom stereocenters. The summed E-state index contributed by atoms with van der Waals surface area (Å²) in [5.74, 6) is -0.524. The topological polar surface area (TPSA) is 44.5 Å². The third-order valence-corrected chi connectivity index (χ3v) is 3.95. The van der Waals surface area contributed by atoms with E-state index in [-0.39, 0.29) is 5.69 Å². The first kappa shape index (κ1) is 13.7. The van der Waals surface area contributed by atoms with Crippen LogP contribution in [0.4, 0.5) is 10.1 Å². The first-order valence-electron chi connectivity index (χ1n) is 5.74. The van der Waals surface area contributed by atoms with Crippen LogP contribution >= 0.6 is 11.6 Å². The van der Waals surface area contributed by atoms with Gasteiger partial charge >= 0.3 is 7.12 Å². The van der Waals surface area contributed by atoms with Crippen molar-refractivity contribution in [1.29, 1.82) is 0 Å². The molecule has 1 aliphatic rings. The monoisotopic (exact) mass is 271 g/mol. The van der Waals surface area contributed by atoms with Gasteiger partial charge in [-0.25, -0.2) is 4.39 Å². The summed E-state index contributed by atoms with van der Waals surface area (Å²) in [6.45, 7) is 7.70. The largest absolute Gasteiger partial charge is 0.496 e. The van der Waals surface area contributed by atoms with Gasteiger partial charge in [-0.2, -0.15) is 0 Å². The second kappa shape index (κ2) is 4.12. The molecule has 3 nitrogen and oxygen atoms in total. The Morgan fingerprint density at radius 1 is 1.17 bits per heavy atom. The minimum atomic E-state index is -0.683. The molecule has 18 heavy (non-hydrogen) atoms. The van der Waals surface area contributed by atoms with E-state index in [0.717, 1.165) is 0 Å². The molecule has 0 spiro atoms. The molecule has 0 aromatic heterocycles. The maximum atomic E-state index is 13.5. The molecule has 1 fully saturated rings. The van der Waals surface area contributed by atoms with E-state index in [1.54, 1.807) is 0 Å². The minimum absolute atomic E-state index is 0.0141. The molecule has 2 N–H and O–H groups in total. The van der Waals surface area contributed by atoms with Crippen molar-refractivity contribution in [2.75, 3.05) is 5.73 Å². The first-order chi connectivity index (χ1) is 8.14. The number of anilines is 1. The van der Waals surface area contributed by atoms with Gasteiger partial charge in [0.25, 0.3) is 0 Å². The van der Waals surface area contributed by atoms with Crippen molar-refractivity contribution < 1.29 is 13.7 Å². The van der Waals surface area contributed by atoms with Gasteiger partial charge in [0, 0.05) is 10.5 Å². The molecule has 0 saturated carbocycles. The van der Waals surface area contributed by atoms with Gasteiger partial charge in [0.05, 0.1) is 16.9 Å². The zero-order valence-corrected chi connectivity index (χ0v) is 11.6. The lowest BCUT2D eigenvalue weighted by atomic mass is 9.79. The summed E-state index contributed by atoms with van der Waals surface area (Å²) in [4.78, 5) is 0. The van der Waals surface area contributed by atoms with Crippen molar-refractivity contribution in [3.8, 4) is 0 Å². The number of rotatable bonds is 1. The van der Waals surface area contributed by atoms with Crippen LogP contribution in [-0.2, 0) is 9.31 Å². The molecular weight excluding hydrogens is 255 g/mol. The normalized spacial score (nSPS) is 21.3. The summed E-state index contributed by atoms with van der Waals surface area (Å²) in [7, 11) is -0.683. The summed E-state index contributed by atoms with van der Waals surface area (Å²) in [5.41, 5.74) is 4.95. The SMILES string of the molecule is CC1(C)OB(c2cc(F)c(N)cc2Cl)OC1(C)C. The van der Waals surface area contributed by atoms with Crippen molar-refractivity contribution in [1.82, 2.24) is 0 Å². The predicted octanol–water partition coefficient (Wildman–Crippen LogP) is 2.36. The second-order valence-corrected chi connectivity index (χ2v) is 5.89. The fourth-order valence-corrected chi connectivity index (χ4v) is 1.99. The zero-order chi connectivity index (χ0) is 13.7. The van der Waals surface area contributed by atoms with Crippen molar-refractivity contribution in [3.05, 3.63) is 23.0 Å². The Bertz CT molecular complexity index is 477. The van der Waals surface area contributed by atoms with Crippen molar-refractivity contribution in [3.63, 3.8) is 0 Å². The second-order valence-electron chi connectivity index (χ2n) is 5.48. The Morgan fingerprint density at radius 3 is 2.17 bits per heavy atom. The number of nitrogens with two attached hydrogens (primary N) is 1. The fraction of sp³-hybridized carbons (Fsp3) is 0.500. The molecule has 6 heteroatoms. The molecule has 2 rings (SSSR count). The van der Waals surface area contributed by atoms with Gasteiger partial charge < -0.3 is 15.0 Å². The highest BCUT2D eigenvalue weighted by Gasteiger charge is 2.52. The summed E-state index contributed by atoms with van der Waals surface area (Å²) < 4.78 is 25.1. The lowest BCUT2D eigenvalue weighted by Gasteiger charge is -2.32. The van der Waals surface area contributed by atoms with E-state index in [0.29, 0.717) is 10.5 Å². The third-order valence-electron chi connectivity index (χ3n) is 3.62. The van der Waals surface area contributed by atoms with Crippen LogP contribution in [0.1, 0.15) is 27.7 Å². The van der Waals surface area contributed by atoms with E-state index in [1.807, 2.05) is 27.7 Å². The maximum Gasteiger partial charge on any atom is 0.496 e. The highest BCUT2D eigenvalue weighted by Crippen LogP contribution is 2.37. The van der Waals surface area contributed by atoms with Crippen LogP contribution in [0.25, 0.3) is 0 Å². The highest BCUT2D eigenvalue weighted by molar-refractivity contribution is 6.65. The van der Waals surface area contributed by atoms with E-state index in [9.17, 15) is 4.39 Å². The summed E-state index contributed by atoms with van der Waals surface area (Å²) in [5, 5.41) is 0.340. The fourth-order valence-electron chi connectivity index (χ4n) is 1.73. The average molecular weight is 272 g/mol. The van der Waals surface area contributed by atoms with E-state index in [4.69, 9.17) is 26.6 Å². The molecule has 0 radical (unpaired) electrons. The molecule has 98 valence electrons. The van der Waals surface area contributed by atoms with Crippen LogP contribution in [-0.4, -0.2) is 18.3 Å². The van der Waals surface area contributed by atoms with Crippen LogP contribution < -0.4 is 11.2 Å². The summed E-state index contributed by atoms with van der Waals surface area (Å²) in [6.07, 6.45) is 0. The number of benzene rings is 1. The van der Waals surface area contributed by atoms with E-state index < -0.39 is 24.1 Å². The quantitative estimate of drug-likeness (QED) is 0.630. The zero-order valence-electron chi connectivity index (χ0n) is 10.9. The number of hydrogen-bond donors (Lipinski definition) is 1. The molecule has 0 bridgehead atoms. The lowest BCUT2D eigenvalue weighted by molar-refractivity contribution is 0.00578. The Morgan fingerprint density at radius 2 is 1.67 bits per heavy atom. The summed E-state index contributed by atoms with van der Waals surface area (Å²) >= 11 is 6.06. The van der Waals surface area contributed by atoms with Gasteiger partial charge in [-0.15, -0.1) is 0 Å². The maximum absolute atomic E-state index is 13.5. The van der Waals surface area contributed by atoms with E-state index >= 15 is 0 Å². The van der Waals surface area contributed by atoms with Gasteiger partial charge in [0.15, 0.2) is 0 Å². The van der Waals surface area contributed by atoms with Gasteiger partial charge in [0.2, 0.25) is 0 Å². The van der Waals surface area contributed by atoms with Gasteiger partial charge in [-0.3, -0.25) is 0 Å². The highest BCUT2D eigenvalue weighted by atomic mass is 35.5. The van der Waals surface area contributed by atoms with Crippen LogP contribution in [0.2, 0.25) is 5.02 Å². The number of nitrogen functional groups attached to an aromatic ring is 1. The van der Waals surface area contributed by atoms with Crippen LogP contribution in [0, 0.1) is 5.82 Å². The van der Waals surface area contributed by atoms with E-state index in [2.05, 4.69) is 0 Å². The lowest BCUT2D eigenvalue weighted by Crippen LogP contribution is -2.41. The minimum Gasteiger partial charge on any atom is -0.399 e. The summed E-state index contributed by atoms with van der Waals surface area (Å²) in [6, 6.07) is 2.64. The molecule has 1 saturated heterocycles. The molecule has 1 aromatic rings. The number of hydrogen-bond acceptors (Lipinski definition) is 3. The smallest absolute Gasteiger partial charge is 0.399 e. The Balaban J connectivity index is 2.38. The molecule has 0 atom stereocenters. The predicted molar refractivity (Wildman–Crippen MR) is 71.5 cm³/mol. The molecule has 1 aromatic carbocycles. The molecule has 0 amide bonds. The van der Waals surface area contributed by atoms with Crippen molar-refractivity contribution >= 4 is 29.9 Å². The molecule has 1 heterocycles. The molecular formula is C12H16BClFNO2. The standard InChI is InChI=1S/C12H16BClFNO2/c1-11(2)12(3,4)18-13(17-11)7-5-9(15)10(16)6-8(7)14/h5-6H,16H2,1-4H3. The molecule has 0 aliphatic carbocycles. The first-order valence-corrected chi connectivity index (χ1v) is 6.12. The van der Waals surface area contributed by atoms with Crippen LogP contribution in [0.3, 0.4) is 0 Å². The Kier molecular flexibility index (Phi) is 3.12.